The lowest BCUT2D eigenvalue weighted by atomic mass is 10.0. The molecule has 0 aliphatic carbocycles. The molecule has 5 nitrogen and oxygen atoms in total. The number of hydrogen-bond donors (Lipinski definition) is 2. The van der Waals surface area contributed by atoms with Crippen molar-refractivity contribution in [2.75, 3.05) is 13.1 Å². The van der Waals surface area contributed by atoms with E-state index in [0.717, 1.165) is 6.42 Å². The SMILES string of the molecule is CCCC(=O)N1CCNC(C)C1C(=O)O. The third-order valence-corrected chi connectivity index (χ3v) is 2.67. The maximum Gasteiger partial charge on any atom is 0.328 e. The van der Waals surface area contributed by atoms with E-state index in [-0.39, 0.29) is 11.9 Å². The number of carbonyl (C=O) groups excluding carboxylic acids is 1. The van der Waals surface area contributed by atoms with Crippen molar-refractivity contribution in [3.8, 4) is 0 Å². The van der Waals surface area contributed by atoms with Crippen LogP contribution in [0.2, 0.25) is 0 Å². The number of carboxylic acids is 1. The number of amides is 1. The molecule has 86 valence electrons. The molecule has 1 rings (SSSR count). The van der Waals surface area contributed by atoms with Crippen molar-refractivity contribution in [3.63, 3.8) is 0 Å². The predicted molar refractivity (Wildman–Crippen MR) is 55.5 cm³/mol. The van der Waals surface area contributed by atoms with Crippen molar-refractivity contribution in [1.29, 1.82) is 0 Å². The van der Waals surface area contributed by atoms with Crippen LogP contribution < -0.4 is 5.32 Å². The Bertz CT molecular complexity index is 255. The molecule has 2 unspecified atom stereocenters. The zero-order chi connectivity index (χ0) is 11.4. The molecule has 2 atom stereocenters. The Morgan fingerprint density at radius 2 is 2.20 bits per heavy atom. The first-order chi connectivity index (χ1) is 7.07. The second-order valence-electron chi connectivity index (χ2n) is 3.86. The van der Waals surface area contributed by atoms with E-state index in [2.05, 4.69) is 5.32 Å². The monoisotopic (exact) mass is 214 g/mol. The van der Waals surface area contributed by atoms with Crippen LogP contribution in [0.3, 0.4) is 0 Å². The smallest absolute Gasteiger partial charge is 0.328 e. The quantitative estimate of drug-likeness (QED) is 0.697. The molecule has 15 heavy (non-hydrogen) atoms. The lowest BCUT2D eigenvalue weighted by Gasteiger charge is -2.38. The lowest BCUT2D eigenvalue weighted by molar-refractivity contribution is -0.153. The number of nitrogens with zero attached hydrogens (tertiary/aromatic N) is 1. The van der Waals surface area contributed by atoms with E-state index < -0.39 is 12.0 Å². The van der Waals surface area contributed by atoms with E-state index in [4.69, 9.17) is 5.11 Å². The van der Waals surface area contributed by atoms with Crippen LogP contribution in [0.15, 0.2) is 0 Å². The molecule has 0 bridgehead atoms. The van der Waals surface area contributed by atoms with Gasteiger partial charge in [-0.2, -0.15) is 0 Å². The molecule has 0 aromatic carbocycles. The fourth-order valence-corrected chi connectivity index (χ4v) is 1.92. The highest BCUT2D eigenvalue weighted by Crippen LogP contribution is 2.12. The Kier molecular flexibility index (Phi) is 4.08. The summed E-state index contributed by atoms with van der Waals surface area (Å²) >= 11 is 0. The van der Waals surface area contributed by atoms with Crippen molar-refractivity contribution < 1.29 is 14.7 Å². The van der Waals surface area contributed by atoms with Gasteiger partial charge in [0.1, 0.15) is 6.04 Å². The van der Waals surface area contributed by atoms with Gasteiger partial charge in [0.25, 0.3) is 0 Å². The minimum atomic E-state index is -0.931. The average molecular weight is 214 g/mol. The zero-order valence-electron chi connectivity index (χ0n) is 9.19. The Labute approximate surface area is 89.4 Å². The Hall–Kier alpha value is -1.10. The Morgan fingerprint density at radius 3 is 2.73 bits per heavy atom. The number of nitrogens with one attached hydrogen (secondary N) is 1. The van der Waals surface area contributed by atoms with Gasteiger partial charge in [0.05, 0.1) is 0 Å². The first-order valence-corrected chi connectivity index (χ1v) is 5.33. The van der Waals surface area contributed by atoms with Gasteiger partial charge in [-0.3, -0.25) is 4.79 Å². The first-order valence-electron chi connectivity index (χ1n) is 5.33. The molecule has 1 heterocycles. The molecular weight excluding hydrogens is 196 g/mol. The lowest BCUT2D eigenvalue weighted by Crippen LogP contribution is -2.61. The maximum atomic E-state index is 11.7. The summed E-state index contributed by atoms with van der Waals surface area (Å²) in [5.74, 6) is -0.989. The molecule has 0 saturated carbocycles. The highest BCUT2D eigenvalue weighted by atomic mass is 16.4. The third kappa shape index (κ3) is 2.68. The number of hydrogen-bond acceptors (Lipinski definition) is 3. The highest BCUT2D eigenvalue weighted by Gasteiger charge is 2.36. The molecule has 0 radical (unpaired) electrons. The van der Waals surface area contributed by atoms with Crippen LogP contribution in [0, 0.1) is 0 Å². The van der Waals surface area contributed by atoms with Crippen LogP contribution in [-0.4, -0.2) is 47.1 Å². The van der Waals surface area contributed by atoms with Crippen LogP contribution in [0.4, 0.5) is 0 Å². The van der Waals surface area contributed by atoms with Gasteiger partial charge in [-0.05, 0) is 13.3 Å². The molecule has 2 N–H and O–H groups in total. The molecular formula is C10H18N2O3. The summed E-state index contributed by atoms with van der Waals surface area (Å²) < 4.78 is 0. The second-order valence-corrected chi connectivity index (χ2v) is 3.86. The van der Waals surface area contributed by atoms with E-state index in [1.165, 1.54) is 4.90 Å². The summed E-state index contributed by atoms with van der Waals surface area (Å²) in [6, 6.07) is -0.908. The molecule has 0 aromatic rings. The highest BCUT2D eigenvalue weighted by molar-refractivity contribution is 5.84. The normalized spacial score (nSPS) is 26.4. The molecule has 1 aliphatic rings. The van der Waals surface area contributed by atoms with E-state index in [1.54, 1.807) is 6.92 Å². The van der Waals surface area contributed by atoms with Crippen LogP contribution in [-0.2, 0) is 9.59 Å². The van der Waals surface area contributed by atoms with Gasteiger partial charge in [0, 0.05) is 25.6 Å². The Balaban J connectivity index is 2.74. The maximum absolute atomic E-state index is 11.7. The van der Waals surface area contributed by atoms with Crippen LogP contribution in [0.1, 0.15) is 26.7 Å². The van der Waals surface area contributed by atoms with E-state index in [0.29, 0.717) is 19.5 Å². The minimum absolute atomic E-state index is 0.0572. The molecule has 1 fully saturated rings. The van der Waals surface area contributed by atoms with Crippen molar-refractivity contribution in [2.24, 2.45) is 0 Å². The van der Waals surface area contributed by atoms with Crippen molar-refractivity contribution in [2.45, 2.75) is 38.8 Å². The minimum Gasteiger partial charge on any atom is -0.480 e. The molecule has 0 spiro atoms. The summed E-state index contributed by atoms with van der Waals surface area (Å²) in [6.45, 7) is 4.87. The molecule has 1 saturated heterocycles. The molecule has 1 amide bonds. The van der Waals surface area contributed by atoms with Crippen molar-refractivity contribution >= 4 is 11.9 Å². The summed E-state index contributed by atoms with van der Waals surface area (Å²) in [4.78, 5) is 24.2. The van der Waals surface area contributed by atoms with E-state index in [9.17, 15) is 9.59 Å². The predicted octanol–water partition coefficient (Wildman–Crippen LogP) is 0.0600. The second kappa shape index (κ2) is 5.11. The van der Waals surface area contributed by atoms with Gasteiger partial charge in [0.2, 0.25) is 5.91 Å². The summed E-state index contributed by atoms with van der Waals surface area (Å²) in [7, 11) is 0. The molecule has 1 aliphatic heterocycles. The topological polar surface area (TPSA) is 69.6 Å². The van der Waals surface area contributed by atoms with Crippen LogP contribution in [0.25, 0.3) is 0 Å². The zero-order valence-corrected chi connectivity index (χ0v) is 9.19. The summed E-state index contributed by atoms with van der Waals surface area (Å²) in [6.07, 6.45) is 1.18. The van der Waals surface area contributed by atoms with Gasteiger partial charge >= 0.3 is 5.97 Å². The summed E-state index contributed by atoms with van der Waals surface area (Å²) in [5, 5.41) is 12.1. The fraction of sp³-hybridized carbons (Fsp3) is 0.800. The van der Waals surface area contributed by atoms with Gasteiger partial charge in [0.15, 0.2) is 0 Å². The molecule has 5 heteroatoms. The number of piperazine rings is 1. The largest absolute Gasteiger partial charge is 0.480 e. The number of carbonyl (C=O) groups is 2. The van der Waals surface area contributed by atoms with Gasteiger partial charge in [-0.25, -0.2) is 4.79 Å². The van der Waals surface area contributed by atoms with E-state index >= 15 is 0 Å². The van der Waals surface area contributed by atoms with Crippen molar-refractivity contribution in [1.82, 2.24) is 10.2 Å². The van der Waals surface area contributed by atoms with Gasteiger partial charge in [-0.15, -0.1) is 0 Å². The summed E-state index contributed by atoms with van der Waals surface area (Å²) in [5.41, 5.74) is 0. The standard InChI is InChI=1S/C10H18N2O3/c1-3-4-8(13)12-6-5-11-7(2)9(12)10(14)15/h7,9,11H,3-6H2,1-2H3,(H,14,15). The number of rotatable bonds is 3. The van der Waals surface area contributed by atoms with Crippen molar-refractivity contribution in [3.05, 3.63) is 0 Å². The van der Waals surface area contributed by atoms with Crippen LogP contribution in [0.5, 0.6) is 0 Å². The first kappa shape index (κ1) is 12.0. The fourth-order valence-electron chi connectivity index (χ4n) is 1.92. The van der Waals surface area contributed by atoms with Gasteiger partial charge in [-0.1, -0.05) is 6.92 Å². The molecule has 0 aromatic heterocycles. The van der Waals surface area contributed by atoms with E-state index in [1.807, 2.05) is 6.92 Å². The third-order valence-electron chi connectivity index (χ3n) is 2.67. The average Bonchev–Trinajstić information content (AvgIpc) is 2.17. The van der Waals surface area contributed by atoms with Gasteiger partial charge < -0.3 is 15.3 Å². The Morgan fingerprint density at radius 1 is 1.53 bits per heavy atom. The number of aliphatic carboxylic acids is 1. The number of carboxylic acid groups (broad SMARTS) is 1. The van der Waals surface area contributed by atoms with Crippen LogP contribution >= 0.6 is 0 Å².